The molecule has 0 spiro atoms. The molecular weight excluding hydrogens is 285 g/mol. The number of ether oxygens (including phenoxy) is 2. The summed E-state index contributed by atoms with van der Waals surface area (Å²) in [5, 5.41) is 2.53. The summed E-state index contributed by atoms with van der Waals surface area (Å²) in [5.74, 6) is 0.108. The average molecular weight is 303 g/mol. The summed E-state index contributed by atoms with van der Waals surface area (Å²) in [6.07, 6.45) is -0.00742. The molecule has 0 heterocycles. The second-order valence-electron chi connectivity index (χ2n) is 4.97. The average Bonchev–Trinajstić information content (AvgIpc) is 2.49. The number of nitrogens with one attached hydrogen (secondary N) is 1. The maximum Gasteiger partial charge on any atom is 0.255 e. The number of benzene rings is 2. The molecule has 116 valence electrons. The fourth-order valence-electron chi connectivity index (χ4n) is 1.92. The lowest BCUT2D eigenvalue weighted by Gasteiger charge is -2.14. The molecule has 22 heavy (non-hydrogen) atoms. The molecule has 0 atom stereocenters. The Morgan fingerprint density at radius 2 is 1.86 bits per heavy atom. The summed E-state index contributed by atoms with van der Waals surface area (Å²) >= 11 is 0. The van der Waals surface area contributed by atoms with Crippen molar-refractivity contribution < 1.29 is 18.7 Å². The van der Waals surface area contributed by atoms with Crippen molar-refractivity contribution in [1.82, 2.24) is 0 Å². The molecule has 4 nitrogen and oxygen atoms in total. The second kappa shape index (κ2) is 6.93. The fourth-order valence-corrected chi connectivity index (χ4v) is 1.92. The van der Waals surface area contributed by atoms with Gasteiger partial charge in [-0.1, -0.05) is 12.1 Å². The van der Waals surface area contributed by atoms with Crippen LogP contribution in [0.2, 0.25) is 0 Å². The van der Waals surface area contributed by atoms with Gasteiger partial charge in [-0.3, -0.25) is 4.79 Å². The molecule has 0 fully saturated rings. The van der Waals surface area contributed by atoms with E-state index in [9.17, 15) is 9.18 Å². The van der Waals surface area contributed by atoms with Gasteiger partial charge >= 0.3 is 0 Å². The highest BCUT2D eigenvalue weighted by molar-refractivity contribution is 6.04. The van der Waals surface area contributed by atoms with Crippen LogP contribution in [0.3, 0.4) is 0 Å². The van der Waals surface area contributed by atoms with E-state index in [2.05, 4.69) is 5.32 Å². The van der Waals surface area contributed by atoms with E-state index in [-0.39, 0.29) is 11.8 Å². The van der Waals surface area contributed by atoms with Crippen LogP contribution in [0.4, 0.5) is 10.1 Å². The number of methoxy groups -OCH3 is 1. The number of amides is 1. The zero-order valence-electron chi connectivity index (χ0n) is 12.7. The molecule has 0 saturated heterocycles. The van der Waals surface area contributed by atoms with E-state index in [0.717, 1.165) is 0 Å². The van der Waals surface area contributed by atoms with Crippen LogP contribution in [0, 0.1) is 5.82 Å². The Morgan fingerprint density at radius 1 is 1.14 bits per heavy atom. The second-order valence-corrected chi connectivity index (χ2v) is 4.97. The van der Waals surface area contributed by atoms with Crippen molar-refractivity contribution in [2.24, 2.45) is 0 Å². The minimum Gasteiger partial charge on any atom is -0.493 e. The van der Waals surface area contributed by atoms with Crippen molar-refractivity contribution in [3.8, 4) is 11.5 Å². The van der Waals surface area contributed by atoms with Gasteiger partial charge in [0.25, 0.3) is 5.91 Å². The predicted octanol–water partition coefficient (Wildman–Crippen LogP) is 3.87. The lowest BCUT2D eigenvalue weighted by molar-refractivity contribution is 0.102. The van der Waals surface area contributed by atoms with Crippen LogP contribution in [0.1, 0.15) is 24.2 Å². The third kappa shape index (κ3) is 3.75. The van der Waals surface area contributed by atoms with Crippen molar-refractivity contribution in [1.29, 1.82) is 0 Å². The highest BCUT2D eigenvalue weighted by Gasteiger charge is 2.13. The number of hydrogen-bond donors (Lipinski definition) is 1. The van der Waals surface area contributed by atoms with Gasteiger partial charge in [-0.05, 0) is 44.2 Å². The standard InChI is InChI=1S/C17H18FNO3/c1-11(2)22-15-9-8-12(10-16(15)21-3)17(20)19-14-7-5-4-6-13(14)18/h4-11H,1-3H3,(H,19,20). The van der Waals surface area contributed by atoms with E-state index in [1.165, 1.54) is 19.2 Å². The Hall–Kier alpha value is -2.56. The quantitative estimate of drug-likeness (QED) is 0.912. The highest BCUT2D eigenvalue weighted by Crippen LogP contribution is 2.29. The highest BCUT2D eigenvalue weighted by atomic mass is 19.1. The van der Waals surface area contributed by atoms with Crippen molar-refractivity contribution in [3.05, 3.63) is 53.8 Å². The molecule has 0 aliphatic carbocycles. The van der Waals surface area contributed by atoms with Crippen molar-refractivity contribution in [2.45, 2.75) is 20.0 Å². The monoisotopic (exact) mass is 303 g/mol. The molecule has 0 unspecified atom stereocenters. The van der Waals surface area contributed by atoms with Gasteiger partial charge in [-0.2, -0.15) is 0 Å². The first-order chi connectivity index (χ1) is 10.5. The van der Waals surface area contributed by atoms with Gasteiger partial charge in [0.05, 0.1) is 18.9 Å². The Bertz CT molecular complexity index is 671. The van der Waals surface area contributed by atoms with Gasteiger partial charge in [0.2, 0.25) is 0 Å². The third-order valence-corrected chi connectivity index (χ3v) is 2.91. The minimum absolute atomic E-state index is 0.00742. The van der Waals surface area contributed by atoms with E-state index >= 15 is 0 Å². The number of carbonyl (C=O) groups excluding carboxylic acids is 1. The van der Waals surface area contributed by atoms with Crippen LogP contribution in [-0.2, 0) is 0 Å². The summed E-state index contributed by atoms with van der Waals surface area (Å²) in [5.41, 5.74) is 0.491. The molecule has 5 heteroatoms. The van der Waals surface area contributed by atoms with E-state index in [0.29, 0.717) is 17.1 Å². The van der Waals surface area contributed by atoms with Crippen molar-refractivity contribution in [2.75, 3.05) is 12.4 Å². The summed E-state index contributed by atoms with van der Waals surface area (Å²) in [6.45, 7) is 3.80. The van der Waals surface area contributed by atoms with E-state index in [4.69, 9.17) is 9.47 Å². The maximum absolute atomic E-state index is 13.6. The van der Waals surface area contributed by atoms with Gasteiger partial charge in [0.15, 0.2) is 11.5 Å². The van der Waals surface area contributed by atoms with Crippen LogP contribution < -0.4 is 14.8 Å². The molecule has 2 aromatic carbocycles. The topological polar surface area (TPSA) is 47.6 Å². The Balaban J connectivity index is 2.21. The van der Waals surface area contributed by atoms with Crippen LogP contribution in [-0.4, -0.2) is 19.1 Å². The lowest BCUT2D eigenvalue weighted by atomic mass is 10.1. The van der Waals surface area contributed by atoms with Crippen LogP contribution in [0.25, 0.3) is 0 Å². The molecular formula is C17H18FNO3. The molecule has 1 N–H and O–H groups in total. The summed E-state index contributed by atoms with van der Waals surface area (Å²) in [7, 11) is 1.50. The van der Waals surface area contributed by atoms with Crippen molar-refractivity contribution in [3.63, 3.8) is 0 Å². The number of carbonyl (C=O) groups is 1. The molecule has 0 saturated carbocycles. The zero-order chi connectivity index (χ0) is 16.1. The van der Waals surface area contributed by atoms with E-state index < -0.39 is 11.7 Å². The Labute approximate surface area is 128 Å². The largest absolute Gasteiger partial charge is 0.493 e. The van der Waals surface area contributed by atoms with Crippen LogP contribution in [0.5, 0.6) is 11.5 Å². The first-order valence-electron chi connectivity index (χ1n) is 6.92. The molecule has 0 aliphatic heterocycles. The van der Waals surface area contributed by atoms with Gasteiger partial charge in [-0.25, -0.2) is 4.39 Å². The van der Waals surface area contributed by atoms with E-state index in [1.807, 2.05) is 13.8 Å². The first-order valence-corrected chi connectivity index (χ1v) is 6.92. The summed E-state index contributed by atoms with van der Waals surface area (Å²) < 4.78 is 24.4. The van der Waals surface area contributed by atoms with Gasteiger partial charge in [0, 0.05) is 5.56 Å². The zero-order valence-corrected chi connectivity index (χ0v) is 12.7. The van der Waals surface area contributed by atoms with Crippen LogP contribution in [0.15, 0.2) is 42.5 Å². The minimum atomic E-state index is -0.484. The molecule has 0 bridgehead atoms. The number of para-hydroxylation sites is 1. The molecule has 2 rings (SSSR count). The third-order valence-electron chi connectivity index (χ3n) is 2.91. The van der Waals surface area contributed by atoms with Crippen molar-refractivity contribution >= 4 is 11.6 Å². The fraction of sp³-hybridized carbons (Fsp3) is 0.235. The normalized spacial score (nSPS) is 10.4. The smallest absolute Gasteiger partial charge is 0.255 e. The molecule has 0 radical (unpaired) electrons. The van der Waals surface area contributed by atoms with E-state index in [1.54, 1.807) is 30.3 Å². The summed E-state index contributed by atoms with van der Waals surface area (Å²) in [6, 6.07) is 10.8. The Morgan fingerprint density at radius 3 is 2.50 bits per heavy atom. The number of halogens is 1. The molecule has 0 aromatic heterocycles. The van der Waals surface area contributed by atoms with Gasteiger partial charge in [0.1, 0.15) is 5.82 Å². The van der Waals surface area contributed by atoms with Gasteiger partial charge in [-0.15, -0.1) is 0 Å². The predicted molar refractivity (Wildman–Crippen MR) is 83.1 cm³/mol. The SMILES string of the molecule is COc1cc(C(=O)Nc2ccccc2F)ccc1OC(C)C. The molecule has 2 aromatic rings. The first kappa shape index (κ1) is 15.8. The van der Waals surface area contributed by atoms with Gasteiger partial charge < -0.3 is 14.8 Å². The maximum atomic E-state index is 13.6. The number of rotatable bonds is 5. The van der Waals surface area contributed by atoms with Crippen LogP contribution >= 0.6 is 0 Å². The molecule has 1 amide bonds. The molecule has 0 aliphatic rings. The number of anilines is 1. The summed E-state index contributed by atoms with van der Waals surface area (Å²) in [4.78, 5) is 12.2. The Kier molecular flexibility index (Phi) is 4.99. The number of hydrogen-bond acceptors (Lipinski definition) is 3. The lowest BCUT2D eigenvalue weighted by Crippen LogP contribution is -2.13.